The minimum absolute atomic E-state index is 0.134. The molecule has 0 radical (unpaired) electrons. The van der Waals surface area contributed by atoms with Crippen molar-refractivity contribution in [2.45, 2.75) is 51.8 Å². The molecule has 1 fully saturated rings. The molecule has 2 aromatic heterocycles. The number of ether oxygens (including phenoxy) is 2. The third-order valence-corrected chi connectivity index (χ3v) is 5.61. The van der Waals surface area contributed by atoms with E-state index in [4.69, 9.17) is 9.47 Å². The number of alkyl carbamates (subject to hydrolysis) is 1. The number of nitrogens with zero attached hydrogens (tertiary/aromatic N) is 3. The first-order chi connectivity index (χ1) is 15.8. The number of amides is 1. The van der Waals surface area contributed by atoms with Gasteiger partial charge >= 0.3 is 6.09 Å². The van der Waals surface area contributed by atoms with Crippen molar-refractivity contribution in [1.82, 2.24) is 25.2 Å². The highest BCUT2D eigenvalue weighted by atomic mass is 16.6. The normalized spacial score (nSPS) is 15.4. The molecule has 33 heavy (non-hydrogen) atoms. The average Bonchev–Trinajstić information content (AvgIpc) is 3.18. The van der Waals surface area contributed by atoms with Crippen LogP contribution >= 0.6 is 0 Å². The van der Waals surface area contributed by atoms with Gasteiger partial charge in [-0.15, -0.1) is 0 Å². The fourth-order valence-corrected chi connectivity index (χ4v) is 4.01. The molecule has 9 nitrogen and oxygen atoms in total. The van der Waals surface area contributed by atoms with Crippen LogP contribution in [0.5, 0.6) is 5.75 Å². The number of hydrogen-bond donors (Lipinski definition) is 3. The molecule has 0 bridgehead atoms. The SMILES string of the molecule is COc1ccc(Nc2ncnc3[nH]cc(CN4CCC(NC(=O)OC(C)(C)C)CC4)c23)cc1. The van der Waals surface area contributed by atoms with Crippen molar-refractivity contribution in [3.05, 3.63) is 42.4 Å². The smallest absolute Gasteiger partial charge is 0.407 e. The molecule has 1 aliphatic rings. The zero-order chi connectivity index (χ0) is 23.4. The summed E-state index contributed by atoms with van der Waals surface area (Å²) in [7, 11) is 1.65. The van der Waals surface area contributed by atoms with E-state index < -0.39 is 5.60 Å². The van der Waals surface area contributed by atoms with E-state index in [2.05, 4.69) is 30.5 Å². The minimum atomic E-state index is -0.486. The molecule has 0 saturated carbocycles. The molecule has 0 spiro atoms. The van der Waals surface area contributed by atoms with Crippen LogP contribution in [-0.4, -0.2) is 57.8 Å². The van der Waals surface area contributed by atoms with Gasteiger partial charge in [-0.2, -0.15) is 0 Å². The number of rotatable bonds is 6. The Morgan fingerprint density at radius 1 is 1.18 bits per heavy atom. The molecule has 1 amide bonds. The van der Waals surface area contributed by atoms with Crippen LogP contribution in [0.3, 0.4) is 0 Å². The molecule has 1 aliphatic heterocycles. The molecule has 3 aromatic rings. The van der Waals surface area contributed by atoms with Crippen LogP contribution in [0.15, 0.2) is 36.8 Å². The summed E-state index contributed by atoms with van der Waals surface area (Å²) in [5.74, 6) is 1.57. The number of fused-ring (bicyclic) bond motifs is 1. The van der Waals surface area contributed by atoms with Crippen molar-refractivity contribution in [3.8, 4) is 5.75 Å². The number of piperidine rings is 1. The van der Waals surface area contributed by atoms with Crippen LogP contribution < -0.4 is 15.4 Å². The Kier molecular flexibility index (Phi) is 6.69. The summed E-state index contributed by atoms with van der Waals surface area (Å²) in [5.41, 5.74) is 2.38. The number of nitrogens with one attached hydrogen (secondary N) is 3. The van der Waals surface area contributed by atoms with Gasteiger partial charge in [-0.1, -0.05) is 0 Å². The van der Waals surface area contributed by atoms with Gasteiger partial charge in [0.05, 0.1) is 12.5 Å². The maximum absolute atomic E-state index is 12.1. The molecule has 0 unspecified atom stereocenters. The second-order valence-corrected chi connectivity index (χ2v) is 9.31. The summed E-state index contributed by atoms with van der Waals surface area (Å²) in [5, 5.41) is 7.39. The van der Waals surface area contributed by atoms with Crippen LogP contribution in [0.2, 0.25) is 0 Å². The third kappa shape index (κ3) is 5.92. The fourth-order valence-electron chi connectivity index (χ4n) is 4.01. The summed E-state index contributed by atoms with van der Waals surface area (Å²) < 4.78 is 10.6. The summed E-state index contributed by atoms with van der Waals surface area (Å²) in [4.78, 5) is 26.6. The first-order valence-electron chi connectivity index (χ1n) is 11.2. The second-order valence-electron chi connectivity index (χ2n) is 9.31. The van der Waals surface area contributed by atoms with Gasteiger partial charge in [-0.05, 0) is 63.4 Å². The van der Waals surface area contributed by atoms with E-state index in [0.29, 0.717) is 0 Å². The quantitative estimate of drug-likeness (QED) is 0.515. The Hall–Kier alpha value is -3.33. The zero-order valence-electron chi connectivity index (χ0n) is 19.6. The van der Waals surface area contributed by atoms with Gasteiger partial charge in [0, 0.05) is 37.6 Å². The summed E-state index contributed by atoms with van der Waals surface area (Å²) >= 11 is 0. The number of benzene rings is 1. The number of carbonyl (C=O) groups is 1. The van der Waals surface area contributed by atoms with Crippen molar-refractivity contribution < 1.29 is 14.3 Å². The van der Waals surface area contributed by atoms with E-state index in [0.717, 1.165) is 66.3 Å². The molecule has 0 aliphatic carbocycles. The van der Waals surface area contributed by atoms with Gasteiger partial charge in [0.1, 0.15) is 29.1 Å². The fraction of sp³-hybridized carbons (Fsp3) is 0.458. The maximum Gasteiger partial charge on any atom is 0.407 e. The van der Waals surface area contributed by atoms with Crippen molar-refractivity contribution in [1.29, 1.82) is 0 Å². The Bertz CT molecular complexity index is 1080. The number of methoxy groups -OCH3 is 1. The van der Waals surface area contributed by atoms with Crippen LogP contribution in [0.1, 0.15) is 39.2 Å². The van der Waals surface area contributed by atoms with Gasteiger partial charge < -0.3 is 25.1 Å². The van der Waals surface area contributed by atoms with E-state index >= 15 is 0 Å². The predicted molar refractivity (Wildman–Crippen MR) is 128 cm³/mol. The zero-order valence-corrected chi connectivity index (χ0v) is 19.6. The molecule has 1 aromatic carbocycles. The van der Waals surface area contributed by atoms with Gasteiger partial charge in [0.15, 0.2) is 0 Å². The highest BCUT2D eigenvalue weighted by Crippen LogP contribution is 2.28. The largest absolute Gasteiger partial charge is 0.497 e. The number of H-pyrrole nitrogens is 1. The minimum Gasteiger partial charge on any atom is -0.497 e. The van der Waals surface area contributed by atoms with Gasteiger partial charge in [-0.25, -0.2) is 14.8 Å². The number of carbonyl (C=O) groups excluding carboxylic acids is 1. The Labute approximate surface area is 193 Å². The van der Waals surface area contributed by atoms with Crippen molar-refractivity contribution >= 4 is 28.6 Å². The van der Waals surface area contributed by atoms with E-state index in [-0.39, 0.29) is 12.1 Å². The third-order valence-electron chi connectivity index (χ3n) is 5.61. The molecule has 0 atom stereocenters. The van der Waals surface area contributed by atoms with Crippen LogP contribution in [0.25, 0.3) is 11.0 Å². The Balaban J connectivity index is 1.40. The first kappa shape index (κ1) is 22.8. The monoisotopic (exact) mass is 452 g/mol. The molecule has 176 valence electrons. The number of likely N-dealkylation sites (tertiary alicyclic amines) is 1. The topological polar surface area (TPSA) is 104 Å². The van der Waals surface area contributed by atoms with Crippen LogP contribution in [-0.2, 0) is 11.3 Å². The summed E-state index contributed by atoms with van der Waals surface area (Å²) in [6.45, 7) is 8.18. The molecule has 1 saturated heterocycles. The van der Waals surface area contributed by atoms with Crippen molar-refractivity contribution in [2.75, 3.05) is 25.5 Å². The number of hydrogen-bond acceptors (Lipinski definition) is 7. The van der Waals surface area contributed by atoms with Crippen molar-refractivity contribution in [2.24, 2.45) is 0 Å². The van der Waals surface area contributed by atoms with Crippen LogP contribution in [0.4, 0.5) is 16.3 Å². The second kappa shape index (κ2) is 9.66. The molecule has 9 heteroatoms. The molecular weight excluding hydrogens is 420 g/mol. The lowest BCUT2D eigenvalue weighted by Crippen LogP contribution is -2.45. The molecule has 3 N–H and O–H groups in total. The van der Waals surface area contributed by atoms with E-state index in [1.807, 2.05) is 51.2 Å². The average molecular weight is 453 g/mol. The first-order valence-corrected chi connectivity index (χ1v) is 11.2. The van der Waals surface area contributed by atoms with Gasteiger partial charge in [0.2, 0.25) is 0 Å². The lowest BCUT2D eigenvalue weighted by molar-refractivity contribution is 0.0477. The lowest BCUT2D eigenvalue weighted by atomic mass is 10.0. The van der Waals surface area contributed by atoms with Gasteiger partial charge in [0.25, 0.3) is 0 Å². The molecular formula is C24H32N6O3. The summed E-state index contributed by atoms with van der Waals surface area (Å²) in [6.07, 6.45) is 4.99. The van der Waals surface area contributed by atoms with E-state index in [1.165, 1.54) is 0 Å². The summed E-state index contributed by atoms with van der Waals surface area (Å²) in [6, 6.07) is 7.88. The number of aromatic amines is 1. The highest BCUT2D eigenvalue weighted by Gasteiger charge is 2.24. The lowest BCUT2D eigenvalue weighted by Gasteiger charge is -2.32. The Morgan fingerprint density at radius 3 is 2.58 bits per heavy atom. The number of anilines is 2. The van der Waals surface area contributed by atoms with Crippen molar-refractivity contribution in [3.63, 3.8) is 0 Å². The molecule has 4 rings (SSSR count). The van der Waals surface area contributed by atoms with E-state index in [9.17, 15) is 4.79 Å². The predicted octanol–water partition coefficient (Wildman–Crippen LogP) is 4.20. The highest BCUT2D eigenvalue weighted by molar-refractivity contribution is 5.92. The standard InChI is InChI=1S/C24H32N6O3/c1-24(2,3)33-23(31)29-18-9-11-30(12-10-18)14-16-13-25-21-20(16)22(27-15-26-21)28-17-5-7-19(32-4)8-6-17/h5-8,13,15,18H,9-12,14H2,1-4H3,(H,29,31)(H2,25,26,27,28). The number of aromatic nitrogens is 3. The van der Waals surface area contributed by atoms with E-state index in [1.54, 1.807) is 13.4 Å². The Morgan fingerprint density at radius 2 is 1.91 bits per heavy atom. The van der Waals surface area contributed by atoms with Crippen LogP contribution in [0, 0.1) is 0 Å². The maximum atomic E-state index is 12.1. The molecule has 3 heterocycles. The van der Waals surface area contributed by atoms with Gasteiger partial charge in [-0.3, -0.25) is 4.90 Å².